The number of benzene rings is 2. The van der Waals surface area contributed by atoms with Gasteiger partial charge in [0.1, 0.15) is 11.5 Å². The van der Waals surface area contributed by atoms with E-state index in [-0.39, 0.29) is 5.91 Å². The zero-order valence-corrected chi connectivity index (χ0v) is 14.1. The second-order valence-electron chi connectivity index (χ2n) is 5.38. The quantitative estimate of drug-likeness (QED) is 0.751. The number of para-hydroxylation sites is 1. The Morgan fingerprint density at radius 1 is 1.12 bits per heavy atom. The van der Waals surface area contributed by atoms with Crippen molar-refractivity contribution in [2.75, 3.05) is 14.2 Å². The predicted molar refractivity (Wildman–Crippen MR) is 94.3 cm³/mol. The number of aromatic nitrogens is 2. The average Bonchev–Trinajstić information content (AvgIpc) is 3.20. The monoisotopic (exact) mass is 337 g/mol. The second-order valence-corrected chi connectivity index (χ2v) is 5.38. The Balaban J connectivity index is 1.78. The van der Waals surface area contributed by atoms with Gasteiger partial charge in [-0.3, -0.25) is 4.79 Å². The lowest BCUT2D eigenvalue weighted by Gasteiger charge is -2.12. The molecule has 6 nitrogen and oxygen atoms in total. The molecule has 1 amide bonds. The molecule has 1 aromatic heterocycles. The van der Waals surface area contributed by atoms with Gasteiger partial charge in [0.05, 0.1) is 26.2 Å². The van der Waals surface area contributed by atoms with Crippen LogP contribution in [0.2, 0.25) is 0 Å². The van der Waals surface area contributed by atoms with Gasteiger partial charge < -0.3 is 19.4 Å². The van der Waals surface area contributed by atoms with E-state index >= 15 is 0 Å². The van der Waals surface area contributed by atoms with Crippen LogP contribution in [0.25, 0.3) is 5.69 Å². The van der Waals surface area contributed by atoms with E-state index in [1.807, 2.05) is 35.0 Å². The van der Waals surface area contributed by atoms with E-state index in [9.17, 15) is 4.79 Å². The van der Waals surface area contributed by atoms with E-state index in [0.717, 1.165) is 11.3 Å². The van der Waals surface area contributed by atoms with Crippen LogP contribution in [0.3, 0.4) is 0 Å². The first-order valence-electron chi connectivity index (χ1n) is 7.79. The Labute approximate surface area is 146 Å². The lowest BCUT2D eigenvalue weighted by atomic mass is 10.1. The third kappa shape index (κ3) is 3.80. The molecule has 128 valence electrons. The highest BCUT2D eigenvalue weighted by Crippen LogP contribution is 2.22. The summed E-state index contributed by atoms with van der Waals surface area (Å²) >= 11 is 0. The molecule has 0 saturated heterocycles. The highest BCUT2D eigenvalue weighted by molar-refractivity contribution is 5.95. The Morgan fingerprint density at radius 3 is 2.48 bits per heavy atom. The minimum atomic E-state index is -0.197. The van der Waals surface area contributed by atoms with Crippen LogP contribution >= 0.6 is 0 Å². The minimum absolute atomic E-state index is 0.197. The van der Waals surface area contributed by atoms with E-state index in [4.69, 9.17) is 9.47 Å². The fraction of sp³-hybridized carbons (Fsp3) is 0.158. The molecule has 0 unspecified atom stereocenters. The van der Waals surface area contributed by atoms with Gasteiger partial charge in [0, 0.05) is 30.6 Å². The first kappa shape index (κ1) is 16.6. The maximum absolute atomic E-state index is 12.5. The summed E-state index contributed by atoms with van der Waals surface area (Å²) in [6, 6.07) is 12.9. The molecule has 0 fully saturated rings. The van der Waals surface area contributed by atoms with E-state index in [0.29, 0.717) is 23.6 Å². The van der Waals surface area contributed by atoms with E-state index in [1.165, 1.54) is 0 Å². The SMILES string of the molecule is COc1cc(OC)cc(C(=O)NCc2ccccc2-n2ccnc2)c1. The van der Waals surface area contributed by atoms with Gasteiger partial charge in [-0.05, 0) is 23.8 Å². The highest BCUT2D eigenvalue weighted by Gasteiger charge is 2.11. The Kier molecular flexibility index (Phi) is 4.99. The summed E-state index contributed by atoms with van der Waals surface area (Å²) in [5.41, 5.74) is 2.45. The summed E-state index contributed by atoms with van der Waals surface area (Å²) in [6.07, 6.45) is 5.32. The molecule has 1 heterocycles. The molecule has 0 bridgehead atoms. The van der Waals surface area contributed by atoms with Crippen molar-refractivity contribution in [3.05, 3.63) is 72.3 Å². The summed E-state index contributed by atoms with van der Waals surface area (Å²) in [7, 11) is 3.11. The van der Waals surface area contributed by atoms with Crippen LogP contribution in [0, 0.1) is 0 Å². The molecule has 0 aliphatic heterocycles. The Hall–Kier alpha value is -3.28. The molecule has 0 aliphatic carbocycles. The van der Waals surface area contributed by atoms with Gasteiger partial charge in [0.25, 0.3) is 5.91 Å². The van der Waals surface area contributed by atoms with Crippen molar-refractivity contribution in [3.8, 4) is 17.2 Å². The Bertz CT molecular complexity index is 838. The number of rotatable bonds is 6. The number of carbonyl (C=O) groups is 1. The zero-order chi connectivity index (χ0) is 17.6. The lowest BCUT2D eigenvalue weighted by molar-refractivity contribution is 0.0950. The number of methoxy groups -OCH3 is 2. The van der Waals surface area contributed by atoms with Crippen LogP contribution in [0.4, 0.5) is 0 Å². The second kappa shape index (κ2) is 7.53. The molecule has 0 aliphatic rings. The summed E-state index contributed by atoms with van der Waals surface area (Å²) in [5.74, 6) is 0.948. The molecule has 25 heavy (non-hydrogen) atoms. The molecule has 3 aromatic rings. The van der Waals surface area contributed by atoms with Gasteiger partial charge in [-0.25, -0.2) is 4.98 Å². The normalized spacial score (nSPS) is 10.3. The van der Waals surface area contributed by atoms with Crippen LogP contribution in [-0.2, 0) is 6.54 Å². The number of carbonyl (C=O) groups excluding carboxylic acids is 1. The molecule has 0 saturated carbocycles. The maximum atomic E-state index is 12.5. The number of hydrogen-bond donors (Lipinski definition) is 1. The largest absolute Gasteiger partial charge is 0.497 e. The van der Waals surface area contributed by atoms with Crippen LogP contribution in [0.1, 0.15) is 15.9 Å². The molecule has 2 aromatic carbocycles. The maximum Gasteiger partial charge on any atom is 0.251 e. The fourth-order valence-electron chi connectivity index (χ4n) is 2.53. The summed E-state index contributed by atoms with van der Waals surface area (Å²) in [6.45, 7) is 0.396. The number of nitrogens with zero attached hydrogens (tertiary/aromatic N) is 2. The predicted octanol–water partition coefficient (Wildman–Crippen LogP) is 2.82. The molecule has 6 heteroatoms. The standard InChI is InChI=1S/C19H19N3O3/c1-24-16-9-15(10-17(11-16)25-2)19(23)21-12-14-5-3-4-6-18(14)22-8-7-20-13-22/h3-11,13H,12H2,1-2H3,(H,21,23). The van der Waals surface area contributed by atoms with E-state index in [2.05, 4.69) is 10.3 Å². The molecular weight excluding hydrogens is 318 g/mol. The van der Waals surface area contributed by atoms with Crippen LogP contribution in [0.15, 0.2) is 61.2 Å². The van der Waals surface area contributed by atoms with Crippen molar-refractivity contribution in [2.45, 2.75) is 6.54 Å². The molecular formula is C19H19N3O3. The third-order valence-corrected chi connectivity index (χ3v) is 3.83. The Morgan fingerprint density at radius 2 is 1.84 bits per heavy atom. The van der Waals surface area contributed by atoms with E-state index < -0.39 is 0 Å². The smallest absolute Gasteiger partial charge is 0.251 e. The van der Waals surface area contributed by atoms with Gasteiger partial charge in [0.2, 0.25) is 0 Å². The van der Waals surface area contributed by atoms with Crippen LogP contribution in [-0.4, -0.2) is 29.7 Å². The van der Waals surface area contributed by atoms with Crippen LogP contribution < -0.4 is 14.8 Å². The van der Waals surface area contributed by atoms with Gasteiger partial charge in [0.15, 0.2) is 0 Å². The number of imidazole rings is 1. The minimum Gasteiger partial charge on any atom is -0.497 e. The number of amides is 1. The summed E-state index contributed by atoms with van der Waals surface area (Å²) < 4.78 is 12.3. The number of hydrogen-bond acceptors (Lipinski definition) is 4. The van der Waals surface area contributed by atoms with Gasteiger partial charge in [-0.2, -0.15) is 0 Å². The highest BCUT2D eigenvalue weighted by atomic mass is 16.5. The molecule has 3 rings (SSSR count). The number of nitrogens with one attached hydrogen (secondary N) is 1. The molecule has 1 N–H and O–H groups in total. The van der Waals surface area contributed by atoms with Crippen molar-refractivity contribution in [3.63, 3.8) is 0 Å². The summed E-state index contributed by atoms with van der Waals surface area (Å²) in [4.78, 5) is 16.6. The first-order valence-corrected chi connectivity index (χ1v) is 7.79. The van der Waals surface area contributed by atoms with Gasteiger partial charge >= 0.3 is 0 Å². The van der Waals surface area contributed by atoms with Crippen molar-refractivity contribution in [1.82, 2.24) is 14.9 Å². The topological polar surface area (TPSA) is 65.4 Å². The van der Waals surface area contributed by atoms with Crippen molar-refractivity contribution in [2.24, 2.45) is 0 Å². The van der Waals surface area contributed by atoms with Gasteiger partial charge in [-0.15, -0.1) is 0 Å². The molecule has 0 radical (unpaired) electrons. The first-order chi connectivity index (χ1) is 12.2. The van der Waals surface area contributed by atoms with Crippen molar-refractivity contribution in [1.29, 1.82) is 0 Å². The lowest BCUT2D eigenvalue weighted by Crippen LogP contribution is -2.23. The summed E-state index contributed by atoms with van der Waals surface area (Å²) in [5, 5.41) is 2.94. The molecule has 0 spiro atoms. The van der Waals surface area contributed by atoms with Crippen molar-refractivity contribution >= 4 is 5.91 Å². The average molecular weight is 337 g/mol. The van der Waals surface area contributed by atoms with Crippen molar-refractivity contribution < 1.29 is 14.3 Å². The van der Waals surface area contributed by atoms with E-state index in [1.54, 1.807) is 44.9 Å². The van der Waals surface area contributed by atoms with Gasteiger partial charge in [-0.1, -0.05) is 18.2 Å². The van der Waals surface area contributed by atoms with Crippen LogP contribution in [0.5, 0.6) is 11.5 Å². The fourth-order valence-corrected chi connectivity index (χ4v) is 2.53. The zero-order valence-electron chi connectivity index (χ0n) is 14.1. The molecule has 0 atom stereocenters. The third-order valence-electron chi connectivity index (χ3n) is 3.83. The number of ether oxygens (including phenoxy) is 2.